The molecular formula is C20H26S2. The molecule has 118 valence electrons. The zero-order chi connectivity index (χ0) is 16.5. The van der Waals surface area contributed by atoms with E-state index in [4.69, 9.17) is 0 Å². The van der Waals surface area contributed by atoms with E-state index in [1.807, 2.05) is 64.2 Å². The number of rotatable bonds is 0. The van der Waals surface area contributed by atoms with Gasteiger partial charge in [-0.1, -0.05) is 77.9 Å². The molecule has 0 bridgehead atoms. The fourth-order valence-electron chi connectivity index (χ4n) is 2.15. The molecule has 2 heterocycles. The van der Waals surface area contributed by atoms with Gasteiger partial charge >= 0.3 is 0 Å². The zero-order valence-corrected chi connectivity index (χ0v) is 16.1. The normalized spacial score (nSPS) is 9.36. The predicted molar refractivity (Wildman–Crippen MR) is 109 cm³/mol. The van der Waals surface area contributed by atoms with Crippen LogP contribution in [0.5, 0.6) is 0 Å². The Hall–Kier alpha value is -1.38. The minimum Gasteiger partial charge on any atom is -0.134 e. The zero-order valence-electron chi connectivity index (χ0n) is 14.4. The molecule has 0 radical (unpaired) electrons. The second-order valence-corrected chi connectivity index (χ2v) is 5.96. The molecule has 0 fully saturated rings. The molecule has 0 nitrogen and oxygen atoms in total. The first-order chi connectivity index (χ1) is 10.9. The van der Waals surface area contributed by atoms with Gasteiger partial charge in [0.05, 0.1) is 9.40 Å². The molecule has 2 aromatic carbocycles. The molecule has 2 aromatic heterocycles. The lowest BCUT2D eigenvalue weighted by atomic mass is 10.2. The molecule has 0 aliphatic carbocycles. The van der Waals surface area contributed by atoms with E-state index in [2.05, 4.69) is 48.5 Å². The fraction of sp³-hybridized carbons (Fsp3) is 0.300. The molecular weight excluding hydrogens is 304 g/mol. The quantitative estimate of drug-likeness (QED) is 0.304. The van der Waals surface area contributed by atoms with Gasteiger partial charge in [0.2, 0.25) is 0 Å². The van der Waals surface area contributed by atoms with Crippen LogP contribution in [0.25, 0.3) is 29.6 Å². The van der Waals surface area contributed by atoms with Crippen LogP contribution in [0.2, 0.25) is 0 Å². The number of hydrogen-bond donors (Lipinski definition) is 0. The molecule has 0 saturated carbocycles. The van der Waals surface area contributed by atoms with Gasteiger partial charge in [-0.3, -0.25) is 0 Å². The average molecular weight is 331 g/mol. The largest absolute Gasteiger partial charge is 0.134 e. The minimum atomic E-state index is 1.40. The maximum absolute atomic E-state index is 2.23. The van der Waals surface area contributed by atoms with E-state index >= 15 is 0 Å². The summed E-state index contributed by atoms with van der Waals surface area (Å²) in [5.41, 5.74) is 0. The highest BCUT2D eigenvalue weighted by atomic mass is 32.1. The van der Waals surface area contributed by atoms with Crippen LogP contribution in [0.15, 0.2) is 48.5 Å². The number of fused-ring (bicyclic) bond motifs is 5. The third-order valence-electron chi connectivity index (χ3n) is 2.89. The molecule has 2 heteroatoms. The Morgan fingerprint density at radius 1 is 0.500 bits per heavy atom. The Morgan fingerprint density at radius 3 is 1.18 bits per heavy atom. The molecule has 4 rings (SSSR count). The molecule has 0 atom stereocenters. The van der Waals surface area contributed by atoms with Gasteiger partial charge in [-0.2, -0.15) is 0 Å². The van der Waals surface area contributed by atoms with Crippen molar-refractivity contribution in [1.82, 2.24) is 0 Å². The van der Waals surface area contributed by atoms with Gasteiger partial charge in [-0.05, 0) is 12.1 Å². The van der Waals surface area contributed by atoms with Gasteiger partial charge in [0.1, 0.15) is 0 Å². The molecule has 4 aromatic rings. The first kappa shape index (κ1) is 18.7. The van der Waals surface area contributed by atoms with Crippen LogP contribution in [-0.2, 0) is 0 Å². The first-order valence-electron chi connectivity index (χ1n) is 8.22. The number of hydrogen-bond acceptors (Lipinski definition) is 2. The Balaban J connectivity index is 0.000000365. The lowest BCUT2D eigenvalue weighted by Crippen LogP contribution is -1.58. The highest BCUT2D eigenvalue weighted by Crippen LogP contribution is 2.43. The van der Waals surface area contributed by atoms with Crippen molar-refractivity contribution in [2.24, 2.45) is 0 Å². The molecule has 0 amide bonds. The summed E-state index contributed by atoms with van der Waals surface area (Å²) in [6.45, 7) is 12.0. The van der Waals surface area contributed by atoms with Crippen molar-refractivity contribution in [2.75, 3.05) is 0 Å². The van der Waals surface area contributed by atoms with Crippen LogP contribution in [0.3, 0.4) is 0 Å². The van der Waals surface area contributed by atoms with Crippen molar-refractivity contribution in [3.63, 3.8) is 0 Å². The third-order valence-corrected chi connectivity index (χ3v) is 5.43. The van der Waals surface area contributed by atoms with Gasteiger partial charge in [-0.15, -0.1) is 22.7 Å². The van der Waals surface area contributed by atoms with Crippen LogP contribution in [-0.4, -0.2) is 0 Å². The predicted octanol–water partition coefficient (Wildman–Crippen LogP) is 8.35. The van der Waals surface area contributed by atoms with Crippen molar-refractivity contribution in [2.45, 2.75) is 41.5 Å². The van der Waals surface area contributed by atoms with E-state index in [1.54, 1.807) is 0 Å². The number of thiophene rings is 2. The second kappa shape index (κ2) is 9.60. The Labute approximate surface area is 142 Å². The van der Waals surface area contributed by atoms with Gasteiger partial charge in [0.25, 0.3) is 0 Å². The van der Waals surface area contributed by atoms with Crippen molar-refractivity contribution in [3.8, 4) is 0 Å². The summed E-state index contributed by atoms with van der Waals surface area (Å²) < 4.78 is 5.69. The maximum atomic E-state index is 2.23. The molecule has 0 aliphatic heterocycles. The van der Waals surface area contributed by atoms with Crippen LogP contribution < -0.4 is 0 Å². The molecule has 0 N–H and O–H groups in total. The third kappa shape index (κ3) is 3.50. The summed E-state index contributed by atoms with van der Waals surface area (Å²) in [6.07, 6.45) is 0. The van der Waals surface area contributed by atoms with Gasteiger partial charge in [0, 0.05) is 20.2 Å². The van der Waals surface area contributed by atoms with E-state index in [0.717, 1.165) is 0 Å². The smallest absolute Gasteiger partial charge is 0.0542 e. The highest BCUT2D eigenvalue weighted by Gasteiger charge is 2.10. The molecule has 0 aliphatic rings. The van der Waals surface area contributed by atoms with Gasteiger partial charge in [0.15, 0.2) is 0 Å². The molecule has 0 unspecified atom stereocenters. The summed E-state index contributed by atoms with van der Waals surface area (Å²) in [7, 11) is 0. The van der Waals surface area contributed by atoms with Gasteiger partial charge < -0.3 is 0 Å². The fourth-order valence-corrected chi connectivity index (χ4v) is 4.81. The minimum absolute atomic E-state index is 1.40. The summed E-state index contributed by atoms with van der Waals surface area (Å²) in [5, 5.41) is 2.81. The Kier molecular flexibility index (Phi) is 8.15. The summed E-state index contributed by atoms with van der Waals surface area (Å²) in [4.78, 5) is 0. The highest BCUT2D eigenvalue weighted by molar-refractivity contribution is 7.36. The average Bonchev–Trinajstić information content (AvgIpc) is 3.16. The van der Waals surface area contributed by atoms with E-state index in [0.29, 0.717) is 0 Å². The van der Waals surface area contributed by atoms with Crippen LogP contribution >= 0.6 is 22.7 Å². The monoisotopic (exact) mass is 330 g/mol. The van der Waals surface area contributed by atoms with Crippen LogP contribution in [0, 0.1) is 0 Å². The van der Waals surface area contributed by atoms with Crippen molar-refractivity contribution in [1.29, 1.82) is 0 Å². The van der Waals surface area contributed by atoms with E-state index < -0.39 is 0 Å². The van der Waals surface area contributed by atoms with E-state index in [9.17, 15) is 0 Å². The van der Waals surface area contributed by atoms with Crippen LogP contribution in [0.4, 0.5) is 0 Å². The summed E-state index contributed by atoms with van der Waals surface area (Å²) >= 11 is 3.82. The second-order valence-electron chi connectivity index (χ2n) is 3.85. The van der Waals surface area contributed by atoms with Crippen molar-refractivity contribution < 1.29 is 0 Å². The molecule has 0 saturated heterocycles. The Bertz CT molecular complexity index is 736. The maximum Gasteiger partial charge on any atom is 0.0542 e. The van der Waals surface area contributed by atoms with E-state index in [1.165, 1.54) is 29.6 Å². The standard InChI is InChI=1S/C14H8S2.3C2H6/c1-3-7-11-9(5-1)13-14(15-11)10-6-2-4-8-12(10)16-13;3*1-2/h1-8H;3*1-2H3. The topological polar surface area (TPSA) is 0 Å². The number of benzene rings is 2. The summed E-state index contributed by atoms with van der Waals surface area (Å²) in [5.74, 6) is 0. The Morgan fingerprint density at radius 2 is 0.818 bits per heavy atom. The summed E-state index contributed by atoms with van der Waals surface area (Å²) in [6, 6.07) is 17.4. The van der Waals surface area contributed by atoms with Crippen molar-refractivity contribution in [3.05, 3.63) is 48.5 Å². The van der Waals surface area contributed by atoms with E-state index in [-0.39, 0.29) is 0 Å². The first-order valence-corrected chi connectivity index (χ1v) is 9.85. The molecule has 22 heavy (non-hydrogen) atoms. The SMILES string of the molecule is CC.CC.CC.c1ccc2c(c1)sc1c3ccccc3sc21. The van der Waals surface area contributed by atoms with Crippen molar-refractivity contribution >= 4 is 52.2 Å². The lowest BCUT2D eigenvalue weighted by Gasteiger charge is -1.87. The van der Waals surface area contributed by atoms with Gasteiger partial charge in [-0.25, -0.2) is 0 Å². The molecule has 0 spiro atoms. The lowest BCUT2D eigenvalue weighted by molar-refractivity contribution is 1.50. The van der Waals surface area contributed by atoms with Crippen LogP contribution in [0.1, 0.15) is 41.5 Å².